The number of thioether (sulfide) groups is 1. The number of hydrogen-bond acceptors (Lipinski definition) is 7. The van der Waals surface area contributed by atoms with Crippen molar-refractivity contribution in [1.82, 2.24) is 4.90 Å². The lowest BCUT2D eigenvalue weighted by atomic mass is 10.1. The second-order valence-corrected chi connectivity index (χ2v) is 8.81. The van der Waals surface area contributed by atoms with Crippen molar-refractivity contribution in [1.29, 1.82) is 0 Å². The second-order valence-electron chi connectivity index (χ2n) is 6.96. The number of methoxy groups -OCH3 is 3. The van der Waals surface area contributed by atoms with Crippen molar-refractivity contribution in [2.75, 3.05) is 33.2 Å². The second kappa shape index (κ2) is 10.6. The van der Waals surface area contributed by atoms with Gasteiger partial charge in [-0.1, -0.05) is 15.9 Å². The molecule has 0 aliphatic carbocycles. The summed E-state index contributed by atoms with van der Waals surface area (Å²) in [6.07, 6.45) is -3.19. The number of halogens is 4. The first kappa shape index (κ1) is 26.4. The van der Waals surface area contributed by atoms with Crippen LogP contribution < -0.4 is 19.5 Å². The smallest absolute Gasteiger partial charge is 0.416 e. The molecule has 35 heavy (non-hydrogen) atoms. The van der Waals surface area contributed by atoms with Crippen LogP contribution in [-0.4, -0.2) is 49.8 Å². The number of anilines is 1. The zero-order chi connectivity index (χ0) is 25.9. The number of nitrogens with zero attached hydrogens (tertiary/aromatic N) is 1. The monoisotopic (exact) mass is 574 g/mol. The quantitative estimate of drug-likeness (QED) is 0.456. The molecule has 1 aliphatic heterocycles. The number of hydrogen-bond donors (Lipinski definition) is 1. The minimum absolute atomic E-state index is 0.0151. The van der Waals surface area contributed by atoms with E-state index in [1.807, 2.05) is 0 Å². The van der Waals surface area contributed by atoms with Crippen molar-refractivity contribution in [3.05, 3.63) is 50.8 Å². The Labute approximate surface area is 210 Å². The van der Waals surface area contributed by atoms with Gasteiger partial charge in [-0.25, -0.2) is 0 Å². The summed E-state index contributed by atoms with van der Waals surface area (Å²) in [5.74, 6) is -0.771. The Morgan fingerprint density at radius 1 is 1.06 bits per heavy atom. The van der Waals surface area contributed by atoms with Crippen LogP contribution in [-0.2, 0) is 15.8 Å². The van der Waals surface area contributed by atoms with Crippen LogP contribution in [0, 0.1) is 0 Å². The molecule has 1 fully saturated rings. The zero-order valence-corrected chi connectivity index (χ0v) is 20.9. The van der Waals surface area contributed by atoms with Gasteiger partial charge in [0.2, 0.25) is 5.91 Å². The Kier molecular flexibility index (Phi) is 8.00. The van der Waals surface area contributed by atoms with Gasteiger partial charge in [0.1, 0.15) is 12.3 Å². The van der Waals surface area contributed by atoms with Crippen LogP contribution in [0.5, 0.6) is 17.2 Å². The van der Waals surface area contributed by atoms with E-state index >= 15 is 0 Å². The number of alkyl halides is 3. The molecule has 3 amide bonds. The van der Waals surface area contributed by atoms with Crippen molar-refractivity contribution in [3.8, 4) is 17.2 Å². The fourth-order valence-electron chi connectivity index (χ4n) is 3.07. The lowest BCUT2D eigenvalue weighted by Crippen LogP contribution is -2.36. The van der Waals surface area contributed by atoms with Gasteiger partial charge in [-0.05, 0) is 53.7 Å². The van der Waals surface area contributed by atoms with Gasteiger partial charge in [-0.3, -0.25) is 19.3 Å². The van der Waals surface area contributed by atoms with E-state index in [1.165, 1.54) is 27.4 Å². The van der Waals surface area contributed by atoms with Gasteiger partial charge in [0, 0.05) is 4.47 Å². The first-order valence-corrected chi connectivity index (χ1v) is 11.3. The Morgan fingerprint density at radius 2 is 1.69 bits per heavy atom. The molecule has 13 heteroatoms. The fourth-order valence-corrected chi connectivity index (χ4v) is 4.34. The van der Waals surface area contributed by atoms with Crippen molar-refractivity contribution in [3.63, 3.8) is 0 Å². The largest absolute Gasteiger partial charge is 0.495 e. The van der Waals surface area contributed by atoms with Crippen molar-refractivity contribution in [2.24, 2.45) is 0 Å². The topological polar surface area (TPSA) is 94.2 Å². The molecule has 8 nitrogen and oxygen atoms in total. The summed E-state index contributed by atoms with van der Waals surface area (Å²) in [5, 5.41) is 1.56. The number of amides is 3. The molecule has 1 aliphatic rings. The third-order valence-electron chi connectivity index (χ3n) is 4.77. The van der Waals surface area contributed by atoms with E-state index in [4.69, 9.17) is 14.2 Å². The van der Waals surface area contributed by atoms with Gasteiger partial charge in [-0.15, -0.1) is 0 Å². The fraction of sp³-hybridized carbons (Fsp3) is 0.227. The van der Waals surface area contributed by atoms with E-state index in [0.29, 0.717) is 44.3 Å². The predicted molar refractivity (Wildman–Crippen MR) is 127 cm³/mol. The Balaban J connectivity index is 1.79. The summed E-state index contributed by atoms with van der Waals surface area (Å²) >= 11 is 3.99. The maximum absolute atomic E-state index is 13.0. The van der Waals surface area contributed by atoms with Crippen LogP contribution in [0.3, 0.4) is 0 Å². The molecule has 3 rings (SSSR count). The van der Waals surface area contributed by atoms with Gasteiger partial charge in [0.25, 0.3) is 11.1 Å². The van der Waals surface area contributed by atoms with Crippen LogP contribution in [0.15, 0.2) is 39.7 Å². The Bertz CT molecular complexity index is 1220. The number of benzene rings is 2. The zero-order valence-electron chi connectivity index (χ0n) is 18.5. The van der Waals surface area contributed by atoms with Gasteiger partial charge in [0.15, 0.2) is 11.5 Å². The number of imide groups is 1. The Hall–Kier alpha value is -3.19. The molecule has 1 saturated heterocycles. The molecule has 2 aromatic carbocycles. The average molecular weight is 575 g/mol. The molecule has 0 saturated carbocycles. The average Bonchev–Trinajstić information content (AvgIpc) is 3.06. The molecule has 186 valence electrons. The van der Waals surface area contributed by atoms with Crippen LogP contribution in [0.4, 0.5) is 23.7 Å². The lowest BCUT2D eigenvalue weighted by molar-refractivity contribution is -0.137. The molecule has 0 unspecified atom stereocenters. The summed E-state index contributed by atoms with van der Waals surface area (Å²) in [6.45, 7) is -0.700. The van der Waals surface area contributed by atoms with E-state index in [2.05, 4.69) is 21.2 Å². The molecule has 0 bridgehead atoms. The van der Waals surface area contributed by atoms with Gasteiger partial charge < -0.3 is 19.5 Å². The first-order valence-electron chi connectivity index (χ1n) is 9.70. The van der Waals surface area contributed by atoms with Crippen LogP contribution in [0.1, 0.15) is 11.1 Å². The van der Waals surface area contributed by atoms with E-state index in [1.54, 1.807) is 12.1 Å². The van der Waals surface area contributed by atoms with Crippen LogP contribution in [0.25, 0.3) is 6.08 Å². The third-order valence-corrected chi connectivity index (χ3v) is 6.36. The van der Waals surface area contributed by atoms with E-state index < -0.39 is 35.3 Å². The normalized spacial score (nSPS) is 14.9. The highest BCUT2D eigenvalue weighted by Gasteiger charge is 2.37. The molecular weight excluding hydrogens is 557 g/mol. The molecule has 2 aromatic rings. The number of nitrogens with one attached hydrogen (secondary N) is 1. The van der Waals surface area contributed by atoms with Gasteiger partial charge >= 0.3 is 6.18 Å². The SMILES string of the molecule is COc1ccc(C(F)(F)F)cc1NC(=O)CN1C(=O)S/C(=C\c2cc(OC)c(OC)cc2Br)C1=O. The van der Waals surface area contributed by atoms with E-state index in [-0.39, 0.29) is 16.3 Å². The number of carbonyl (C=O) groups excluding carboxylic acids is 3. The van der Waals surface area contributed by atoms with Crippen LogP contribution >= 0.6 is 27.7 Å². The minimum atomic E-state index is -4.64. The molecular formula is C22H18BrF3N2O6S. The van der Waals surface area contributed by atoms with E-state index in [0.717, 1.165) is 12.1 Å². The number of ether oxygens (including phenoxy) is 3. The molecule has 0 atom stereocenters. The number of rotatable bonds is 7. The highest BCUT2D eigenvalue weighted by Crippen LogP contribution is 2.38. The van der Waals surface area contributed by atoms with Crippen molar-refractivity contribution < 1.29 is 41.8 Å². The minimum Gasteiger partial charge on any atom is -0.495 e. The molecule has 1 heterocycles. The molecule has 0 radical (unpaired) electrons. The summed E-state index contributed by atoms with van der Waals surface area (Å²) in [7, 11) is 4.14. The maximum atomic E-state index is 13.0. The molecule has 0 aromatic heterocycles. The standard InChI is InChI=1S/C22H18BrF3N2O6S/c1-32-15-5-4-12(22(24,25)26)8-14(15)27-19(29)10-28-20(30)18(35-21(28)31)7-11-6-16(33-2)17(34-3)9-13(11)23/h4-9H,10H2,1-3H3,(H,27,29)/b18-7-. The van der Waals surface area contributed by atoms with Crippen molar-refractivity contribution in [2.45, 2.75) is 6.18 Å². The summed E-state index contributed by atoms with van der Waals surface area (Å²) < 4.78 is 55.1. The molecule has 0 spiro atoms. The van der Waals surface area contributed by atoms with Crippen molar-refractivity contribution >= 4 is 56.5 Å². The summed E-state index contributed by atoms with van der Waals surface area (Å²) in [5.41, 5.74) is -0.724. The highest BCUT2D eigenvalue weighted by atomic mass is 79.9. The molecule has 1 N–H and O–H groups in total. The Morgan fingerprint density at radius 3 is 2.29 bits per heavy atom. The lowest BCUT2D eigenvalue weighted by Gasteiger charge is -2.16. The van der Waals surface area contributed by atoms with Gasteiger partial charge in [-0.2, -0.15) is 13.2 Å². The summed E-state index contributed by atoms with van der Waals surface area (Å²) in [4.78, 5) is 38.4. The first-order chi connectivity index (χ1) is 16.5. The van der Waals surface area contributed by atoms with Gasteiger partial charge in [0.05, 0.1) is 37.5 Å². The number of carbonyl (C=O) groups is 3. The highest BCUT2D eigenvalue weighted by molar-refractivity contribution is 9.10. The third kappa shape index (κ3) is 5.90. The predicted octanol–water partition coefficient (Wildman–Crippen LogP) is 5.17. The van der Waals surface area contributed by atoms with E-state index in [9.17, 15) is 27.6 Å². The summed E-state index contributed by atoms with van der Waals surface area (Å²) in [6, 6.07) is 5.80. The van der Waals surface area contributed by atoms with Crippen LogP contribution in [0.2, 0.25) is 0 Å². The maximum Gasteiger partial charge on any atom is 0.416 e.